The van der Waals surface area contributed by atoms with E-state index in [0.29, 0.717) is 6.04 Å². The molecule has 0 aliphatic heterocycles. The quantitative estimate of drug-likeness (QED) is 0.739. The minimum absolute atomic E-state index is 0.457. The minimum Gasteiger partial charge on any atom is -0.380 e. The predicted octanol–water partition coefficient (Wildman–Crippen LogP) is 4.58. The molecule has 3 heteroatoms. The zero-order chi connectivity index (χ0) is 14.2. The summed E-state index contributed by atoms with van der Waals surface area (Å²) < 4.78 is 1.01. The maximum atomic E-state index is 4.56. The van der Waals surface area contributed by atoms with Gasteiger partial charge in [-0.15, -0.1) is 0 Å². The van der Waals surface area contributed by atoms with Crippen LogP contribution >= 0.6 is 15.9 Å². The van der Waals surface area contributed by atoms with Gasteiger partial charge in [-0.3, -0.25) is 4.98 Å². The van der Waals surface area contributed by atoms with Gasteiger partial charge in [0, 0.05) is 22.1 Å². The van der Waals surface area contributed by atoms with E-state index in [4.69, 9.17) is 0 Å². The molecule has 1 aliphatic carbocycles. The smallest absolute Gasteiger partial charge is 0.0934 e. The van der Waals surface area contributed by atoms with E-state index in [1.807, 2.05) is 6.20 Å². The Bertz CT molecular complexity index is 788. The number of nitrogens with zero attached hydrogens (tertiary/aromatic N) is 1. The fourth-order valence-electron chi connectivity index (χ4n) is 3.13. The summed E-state index contributed by atoms with van der Waals surface area (Å²) in [6.45, 7) is 0. The van der Waals surface area contributed by atoms with Gasteiger partial charge in [0.2, 0.25) is 0 Å². The Labute approximate surface area is 132 Å². The zero-order valence-electron chi connectivity index (χ0n) is 11.5. The zero-order valence-corrected chi connectivity index (χ0v) is 13.1. The number of hydrogen-bond donors (Lipinski definition) is 1. The summed E-state index contributed by atoms with van der Waals surface area (Å²) in [7, 11) is 0. The Morgan fingerprint density at radius 3 is 2.52 bits per heavy atom. The normalized spacial score (nSPS) is 14.3. The molecule has 4 rings (SSSR count). The molecular weight excluding hydrogens is 324 g/mol. The maximum absolute atomic E-state index is 4.56. The van der Waals surface area contributed by atoms with Crippen molar-refractivity contribution in [1.82, 2.24) is 4.98 Å². The van der Waals surface area contributed by atoms with Crippen LogP contribution in [0.5, 0.6) is 0 Å². The Balaban J connectivity index is 1.64. The number of nitrogens with one attached hydrogen (secondary N) is 1. The van der Waals surface area contributed by atoms with Crippen molar-refractivity contribution in [3.05, 3.63) is 70.3 Å². The Hall–Kier alpha value is -1.87. The number of pyridine rings is 1. The second-order valence-corrected chi connectivity index (χ2v) is 6.46. The van der Waals surface area contributed by atoms with Crippen LogP contribution in [0.15, 0.2) is 59.2 Å². The average molecular weight is 339 g/mol. The van der Waals surface area contributed by atoms with Crippen molar-refractivity contribution < 1.29 is 0 Å². The largest absolute Gasteiger partial charge is 0.380 e. The van der Waals surface area contributed by atoms with Crippen molar-refractivity contribution in [3.8, 4) is 0 Å². The molecule has 1 N–H and O–H groups in total. The van der Waals surface area contributed by atoms with Gasteiger partial charge in [-0.2, -0.15) is 0 Å². The molecule has 0 amide bonds. The fourth-order valence-corrected chi connectivity index (χ4v) is 3.48. The number of rotatable bonds is 2. The molecule has 21 heavy (non-hydrogen) atoms. The maximum Gasteiger partial charge on any atom is 0.0934 e. The molecule has 0 atom stereocenters. The van der Waals surface area contributed by atoms with E-state index in [9.17, 15) is 0 Å². The minimum atomic E-state index is 0.457. The van der Waals surface area contributed by atoms with E-state index in [2.05, 4.69) is 74.8 Å². The van der Waals surface area contributed by atoms with Crippen LogP contribution in [0.25, 0.3) is 10.9 Å². The Morgan fingerprint density at radius 1 is 1.00 bits per heavy atom. The molecule has 104 valence electrons. The second-order valence-electron chi connectivity index (χ2n) is 5.55. The van der Waals surface area contributed by atoms with E-state index >= 15 is 0 Å². The molecule has 1 aromatic heterocycles. The second kappa shape index (κ2) is 5.15. The van der Waals surface area contributed by atoms with Crippen LogP contribution in [0.4, 0.5) is 5.69 Å². The number of anilines is 1. The van der Waals surface area contributed by atoms with Crippen LogP contribution in [0.3, 0.4) is 0 Å². The summed E-state index contributed by atoms with van der Waals surface area (Å²) in [4.78, 5) is 4.56. The van der Waals surface area contributed by atoms with Crippen molar-refractivity contribution >= 4 is 32.5 Å². The van der Waals surface area contributed by atoms with Gasteiger partial charge in [-0.25, -0.2) is 0 Å². The summed E-state index contributed by atoms with van der Waals surface area (Å²) in [5.41, 5.74) is 5.09. The van der Waals surface area contributed by atoms with Gasteiger partial charge in [-0.1, -0.05) is 36.4 Å². The molecule has 3 aromatic rings. The summed E-state index contributed by atoms with van der Waals surface area (Å²) in [6.07, 6.45) is 4.03. The number of para-hydroxylation sites is 1. The lowest BCUT2D eigenvalue weighted by Gasteiger charge is -2.15. The van der Waals surface area contributed by atoms with Crippen molar-refractivity contribution in [3.63, 3.8) is 0 Å². The lowest BCUT2D eigenvalue weighted by Crippen LogP contribution is -2.19. The highest BCUT2D eigenvalue weighted by molar-refractivity contribution is 9.10. The van der Waals surface area contributed by atoms with Gasteiger partial charge in [0.05, 0.1) is 11.2 Å². The molecule has 2 nitrogen and oxygen atoms in total. The van der Waals surface area contributed by atoms with Gasteiger partial charge in [0.15, 0.2) is 0 Å². The molecule has 0 bridgehead atoms. The highest BCUT2D eigenvalue weighted by atomic mass is 79.9. The molecule has 0 fully saturated rings. The van der Waals surface area contributed by atoms with Crippen LogP contribution in [-0.4, -0.2) is 11.0 Å². The molecule has 2 aromatic carbocycles. The first kappa shape index (κ1) is 12.8. The summed E-state index contributed by atoms with van der Waals surface area (Å²) >= 11 is 3.48. The first-order valence-corrected chi connectivity index (χ1v) is 7.96. The van der Waals surface area contributed by atoms with E-state index < -0.39 is 0 Å². The third-order valence-electron chi connectivity index (χ3n) is 4.09. The standard InChI is InChI=1S/C18H15BrN2/c19-15-8-14-6-3-7-17(18(14)20-11-15)21-16-9-12-4-1-2-5-13(12)10-16/h1-8,11,16,21H,9-10H2. The SMILES string of the molecule is Brc1cnc2c(NC3Cc4ccccc4C3)cccc2c1. The first-order valence-electron chi connectivity index (χ1n) is 7.17. The third-order valence-corrected chi connectivity index (χ3v) is 4.52. The highest BCUT2D eigenvalue weighted by Crippen LogP contribution is 2.28. The van der Waals surface area contributed by atoms with E-state index in [-0.39, 0.29) is 0 Å². The third kappa shape index (κ3) is 2.42. The fraction of sp³-hybridized carbons (Fsp3) is 0.167. The Morgan fingerprint density at radius 2 is 1.76 bits per heavy atom. The first-order chi connectivity index (χ1) is 10.3. The van der Waals surface area contributed by atoms with E-state index in [0.717, 1.165) is 33.9 Å². The van der Waals surface area contributed by atoms with Gasteiger partial charge < -0.3 is 5.32 Å². The number of benzene rings is 2. The number of aromatic nitrogens is 1. The van der Waals surface area contributed by atoms with Gasteiger partial charge >= 0.3 is 0 Å². The molecule has 0 saturated heterocycles. The molecule has 0 spiro atoms. The van der Waals surface area contributed by atoms with Gasteiger partial charge in [-0.05, 0) is 52.0 Å². The molecule has 1 aliphatic rings. The van der Waals surface area contributed by atoms with Gasteiger partial charge in [0.1, 0.15) is 0 Å². The number of fused-ring (bicyclic) bond motifs is 2. The monoisotopic (exact) mass is 338 g/mol. The molecule has 1 heterocycles. The van der Waals surface area contributed by atoms with Crippen molar-refractivity contribution in [2.75, 3.05) is 5.32 Å². The van der Waals surface area contributed by atoms with Crippen LogP contribution in [0.1, 0.15) is 11.1 Å². The molecule has 0 saturated carbocycles. The van der Waals surface area contributed by atoms with Gasteiger partial charge in [0.25, 0.3) is 0 Å². The Kier molecular flexibility index (Phi) is 3.15. The van der Waals surface area contributed by atoms with E-state index in [1.165, 1.54) is 11.1 Å². The number of halogens is 1. The topological polar surface area (TPSA) is 24.9 Å². The van der Waals surface area contributed by atoms with Crippen molar-refractivity contribution in [2.24, 2.45) is 0 Å². The highest BCUT2D eigenvalue weighted by Gasteiger charge is 2.21. The van der Waals surface area contributed by atoms with Crippen molar-refractivity contribution in [2.45, 2.75) is 18.9 Å². The van der Waals surface area contributed by atoms with Crippen LogP contribution in [0, 0.1) is 0 Å². The van der Waals surface area contributed by atoms with Crippen LogP contribution < -0.4 is 5.32 Å². The average Bonchev–Trinajstić information content (AvgIpc) is 2.89. The summed E-state index contributed by atoms with van der Waals surface area (Å²) in [5, 5.41) is 4.83. The summed E-state index contributed by atoms with van der Waals surface area (Å²) in [6, 6.07) is 17.6. The van der Waals surface area contributed by atoms with E-state index in [1.54, 1.807) is 0 Å². The van der Waals surface area contributed by atoms with Crippen LogP contribution in [0.2, 0.25) is 0 Å². The molecule has 0 radical (unpaired) electrons. The lowest BCUT2D eigenvalue weighted by atomic mass is 10.1. The predicted molar refractivity (Wildman–Crippen MR) is 90.7 cm³/mol. The lowest BCUT2D eigenvalue weighted by molar-refractivity contribution is 0.775. The summed E-state index contributed by atoms with van der Waals surface area (Å²) in [5.74, 6) is 0. The van der Waals surface area contributed by atoms with Crippen LogP contribution in [-0.2, 0) is 12.8 Å². The molecule has 0 unspecified atom stereocenters. The number of hydrogen-bond acceptors (Lipinski definition) is 2. The van der Waals surface area contributed by atoms with Crippen molar-refractivity contribution in [1.29, 1.82) is 0 Å². The molecular formula is C18H15BrN2.